The monoisotopic (exact) mass is 289 g/mol. The molecule has 0 aromatic carbocycles. The number of thioether (sulfide) groups is 1. The topological polar surface area (TPSA) is 64.6 Å². The van der Waals surface area contributed by atoms with Crippen LogP contribution in [0.2, 0.25) is 0 Å². The van der Waals surface area contributed by atoms with Crippen molar-refractivity contribution in [1.29, 1.82) is 0 Å². The van der Waals surface area contributed by atoms with Gasteiger partial charge in [-0.1, -0.05) is 0 Å². The second-order valence-electron chi connectivity index (χ2n) is 3.75. The van der Waals surface area contributed by atoms with Gasteiger partial charge < -0.3 is 14.4 Å². The molecule has 0 atom stereocenters. The summed E-state index contributed by atoms with van der Waals surface area (Å²) in [6, 6.07) is 0. The van der Waals surface area contributed by atoms with Gasteiger partial charge in [-0.3, -0.25) is 4.79 Å². The van der Waals surface area contributed by atoms with Crippen LogP contribution in [0.3, 0.4) is 0 Å². The van der Waals surface area contributed by atoms with Crippen LogP contribution in [0.4, 0.5) is 4.79 Å². The van der Waals surface area contributed by atoms with Crippen molar-refractivity contribution in [3.05, 3.63) is 0 Å². The summed E-state index contributed by atoms with van der Waals surface area (Å²) in [5.74, 6) is 0. The molecule has 1 aliphatic rings. The normalized spacial score (nSPS) is 15.1. The fraction of sp³-hybridized carbons (Fsp3) is 0.700. The fourth-order valence-corrected chi connectivity index (χ4v) is 2.93. The summed E-state index contributed by atoms with van der Waals surface area (Å²) in [7, 11) is 1.61. The fourth-order valence-electron chi connectivity index (χ4n) is 1.55. The molecule has 1 aromatic heterocycles. The number of carbonyl (C=O) groups is 1. The Morgan fingerprint density at radius 3 is 2.94 bits per heavy atom. The number of ether oxygens (including phenoxy) is 2. The Morgan fingerprint density at radius 2 is 2.22 bits per heavy atom. The first-order chi connectivity index (χ1) is 8.79. The van der Waals surface area contributed by atoms with Crippen LogP contribution in [-0.2, 0) is 4.74 Å². The summed E-state index contributed by atoms with van der Waals surface area (Å²) in [4.78, 5) is 17.8. The zero-order valence-corrected chi connectivity index (χ0v) is 11.8. The molecule has 1 aromatic rings. The van der Waals surface area contributed by atoms with E-state index in [2.05, 4.69) is 9.36 Å². The van der Waals surface area contributed by atoms with E-state index in [4.69, 9.17) is 9.47 Å². The molecule has 0 saturated carbocycles. The lowest BCUT2D eigenvalue weighted by Gasteiger charge is -2.12. The summed E-state index contributed by atoms with van der Waals surface area (Å²) in [6.07, 6.45) is 2.17. The minimum Gasteiger partial charge on any atom is -0.467 e. The van der Waals surface area contributed by atoms with Crippen LogP contribution in [0.15, 0.2) is 5.16 Å². The van der Waals surface area contributed by atoms with Gasteiger partial charge in [0.15, 0.2) is 0 Å². The van der Waals surface area contributed by atoms with Gasteiger partial charge in [-0.15, -0.1) is 0 Å². The molecule has 0 aliphatic carbocycles. The van der Waals surface area contributed by atoms with E-state index in [0.717, 1.165) is 49.2 Å². The summed E-state index contributed by atoms with van der Waals surface area (Å²) >= 11 is 2.22. The SMILES string of the molecule is COCCOc1nc(SC(=O)N2CCCC2)ns1. The van der Waals surface area contributed by atoms with Crippen LogP contribution in [0.1, 0.15) is 12.8 Å². The van der Waals surface area contributed by atoms with E-state index in [0.29, 0.717) is 23.6 Å². The summed E-state index contributed by atoms with van der Waals surface area (Å²) < 4.78 is 14.3. The third kappa shape index (κ3) is 3.82. The van der Waals surface area contributed by atoms with Gasteiger partial charge in [-0.25, -0.2) is 0 Å². The average molecular weight is 289 g/mol. The van der Waals surface area contributed by atoms with E-state index in [9.17, 15) is 4.79 Å². The molecule has 0 spiro atoms. The first-order valence-corrected chi connectivity index (χ1v) is 7.31. The van der Waals surface area contributed by atoms with Crippen LogP contribution in [-0.4, -0.2) is 52.9 Å². The van der Waals surface area contributed by atoms with Gasteiger partial charge in [0.2, 0.25) is 5.16 Å². The van der Waals surface area contributed by atoms with Gasteiger partial charge in [0.05, 0.1) is 6.61 Å². The molecule has 6 nitrogen and oxygen atoms in total. The van der Waals surface area contributed by atoms with Crippen molar-refractivity contribution in [3.8, 4) is 5.19 Å². The summed E-state index contributed by atoms with van der Waals surface area (Å²) in [5, 5.41) is 0.960. The maximum Gasteiger partial charge on any atom is 0.294 e. The number of hydrogen-bond donors (Lipinski definition) is 0. The number of hydrogen-bond acceptors (Lipinski definition) is 7. The Hall–Kier alpha value is -0.860. The number of aromatic nitrogens is 2. The van der Waals surface area contributed by atoms with Crippen molar-refractivity contribution in [2.45, 2.75) is 18.0 Å². The van der Waals surface area contributed by atoms with Crippen LogP contribution >= 0.6 is 23.3 Å². The van der Waals surface area contributed by atoms with Crippen LogP contribution in [0, 0.1) is 0 Å². The van der Waals surface area contributed by atoms with Crippen molar-refractivity contribution in [2.24, 2.45) is 0 Å². The summed E-state index contributed by atoms with van der Waals surface area (Å²) in [6.45, 7) is 2.63. The second kappa shape index (κ2) is 6.91. The van der Waals surface area contributed by atoms with Gasteiger partial charge >= 0.3 is 0 Å². The van der Waals surface area contributed by atoms with Gasteiger partial charge in [0.25, 0.3) is 10.4 Å². The molecule has 2 heterocycles. The van der Waals surface area contributed by atoms with E-state index in [1.807, 2.05) is 4.90 Å². The predicted octanol–water partition coefficient (Wildman–Crippen LogP) is 1.87. The standard InChI is InChI=1S/C10H15N3O3S2/c1-15-6-7-16-9-11-8(12-18-9)17-10(14)13-4-2-3-5-13/h2-7H2,1H3. The quantitative estimate of drug-likeness (QED) is 0.609. The number of amides is 1. The number of likely N-dealkylation sites (tertiary alicyclic amines) is 1. The van der Waals surface area contributed by atoms with E-state index in [-0.39, 0.29) is 5.24 Å². The number of carbonyl (C=O) groups excluding carboxylic acids is 1. The second-order valence-corrected chi connectivity index (χ2v) is 5.38. The molecule has 1 aliphatic heterocycles. The maximum atomic E-state index is 11.8. The number of methoxy groups -OCH3 is 1. The zero-order chi connectivity index (χ0) is 12.8. The minimum atomic E-state index is 0.0220. The van der Waals surface area contributed by atoms with Gasteiger partial charge in [-0.2, -0.15) is 9.36 Å². The highest BCUT2D eigenvalue weighted by Crippen LogP contribution is 2.25. The van der Waals surface area contributed by atoms with Crippen LogP contribution < -0.4 is 4.74 Å². The Kier molecular flexibility index (Phi) is 5.21. The number of nitrogens with zero attached hydrogens (tertiary/aromatic N) is 3. The molecular weight excluding hydrogens is 274 g/mol. The van der Waals surface area contributed by atoms with Gasteiger partial charge in [0, 0.05) is 43.5 Å². The van der Waals surface area contributed by atoms with Gasteiger partial charge in [-0.05, 0) is 12.8 Å². The van der Waals surface area contributed by atoms with E-state index >= 15 is 0 Å². The van der Waals surface area contributed by atoms with Crippen LogP contribution in [0.25, 0.3) is 0 Å². The highest BCUT2D eigenvalue weighted by molar-refractivity contribution is 8.13. The molecule has 1 saturated heterocycles. The predicted molar refractivity (Wildman–Crippen MR) is 69.3 cm³/mol. The highest BCUT2D eigenvalue weighted by Gasteiger charge is 2.20. The average Bonchev–Trinajstić information content (AvgIpc) is 3.00. The molecule has 100 valence electrons. The van der Waals surface area contributed by atoms with E-state index in [1.165, 1.54) is 0 Å². The van der Waals surface area contributed by atoms with Crippen molar-refractivity contribution < 1.29 is 14.3 Å². The maximum absolute atomic E-state index is 11.8. The molecular formula is C10H15N3O3S2. The van der Waals surface area contributed by atoms with E-state index < -0.39 is 0 Å². The van der Waals surface area contributed by atoms with Crippen molar-refractivity contribution in [2.75, 3.05) is 33.4 Å². The molecule has 1 fully saturated rings. The van der Waals surface area contributed by atoms with Crippen molar-refractivity contribution >= 4 is 28.5 Å². The molecule has 0 bridgehead atoms. The molecule has 8 heteroatoms. The minimum absolute atomic E-state index is 0.0220. The largest absolute Gasteiger partial charge is 0.467 e. The Labute approximate surface area is 114 Å². The zero-order valence-electron chi connectivity index (χ0n) is 10.1. The third-order valence-corrected chi connectivity index (χ3v) is 3.99. The summed E-state index contributed by atoms with van der Waals surface area (Å²) in [5.41, 5.74) is 0. The molecule has 1 amide bonds. The molecule has 2 rings (SSSR count). The third-order valence-electron chi connectivity index (χ3n) is 2.44. The smallest absolute Gasteiger partial charge is 0.294 e. The lowest BCUT2D eigenvalue weighted by molar-refractivity contribution is 0.146. The van der Waals surface area contributed by atoms with Gasteiger partial charge in [0.1, 0.15) is 6.61 Å². The lowest BCUT2D eigenvalue weighted by Crippen LogP contribution is -2.23. The number of rotatable bonds is 5. The first-order valence-electron chi connectivity index (χ1n) is 5.72. The molecule has 0 radical (unpaired) electrons. The molecule has 0 unspecified atom stereocenters. The van der Waals surface area contributed by atoms with Crippen LogP contribution in [0.5, 0.6) is 5.19 Å². The molecule has 18 heavy (non-hydrogen) atoms. The Bertz CT molecular complexity index is 393. The molecule has 0 N–H and O–H groups in total. The van der Waals surface area contributed by atoms with E-state index in [1.54, 1.807) is 7.11 Å². The first kappa shape index (κ1) is 13.6. The van der Waals surface area contributed by atoms with Crippen molar-refractivity contribution in [3.63, 3.8) is 0 Å². The Morgan fingerprint density at radius 1 is 1.44 bits per heavy atom. The highest BCUT2D eigenvalue weighted by atomic mass is 32.2. The Balaban J connectivity index is 1.80. The van der Waals surface area contributed by atoms with Crippen molar-refractivity contribution in [1.82, 2.24) is 14.3 Å². The lowest BCUT2D eigenvalue weighted by atomic mass is 10.4.